The molecule has 112 valence electrons. The molecule has 0 aliphatic heterocycles. The van der Waals surface area contributed by atoms with Gasteiger partial charge in [0.05, 0.1) is 19.3 Å². The molecular weight excluding hydrogens is 252 g/mol. The molecule has 0 saturated heterocycles. The van der Waals surface area contributed by atoms with Crippen LogP contribution >= 0.6 is 0 Å². The highest BCUT2D eigenvalue weighted by atomic mass is 16.5. The molecule has 1 aromatic carbocycles. The van der Waals surface area contributed by atoms with Crippen molar-refractivity contribution < 1.29 is 14.6 Å². The first kappa shape index (κ1) is 15.5. The number of benzene rings is 1. The van der Waals surface area contributed by atoms with E-state index in [0.717, 1.165) is 18.4 Å². The van der Waals surface area contributed by atoms with Crippen molar-refractivity contribution in [3.63, 3.8) is 0 Å². The average molecular weight is 278 g/mol. The average Bonchev–Trinajstić information content (AvgIpc) is 2.67. The Morgan fingerprint density at radius 2 is 2.05 bits per heavy atom. The van der Waals surface area contributed by atoms with Crippen molar-refractivity contribution in [2.24, 2.45) is 5.41 Å². The molecule has 0 fully saturated rings. The Bertz CT molecular complexity index is 491. The quantitative estimate of drug-likeness (QED) is 0.900. The van der Waals surface area contributed by atoms with Crippen molar-refractivity contribution in [3.05, 3.63) is 33.9 Å². The normalized spacial score (nSPS) is 20.2. The molecule has 0 bridgehead atoms. The Kier molecular flexibility index (Phi) is 4.52. The van der Waals surface area contributed by atoms with Crippen LogP contribution < -0.4 is 0 Å². The Labute approximate surface area is 121 Å². The highest BCUT2D eigenvalue weighted by Crippen LogP contribution is 2.49. The Morgan fingerprint density at radius 1 is 1.35 bits per heavy atom. The number of aliphatic hydroxyl groups is 1. The van der Waals surface area contributed by atoms with Gasteiger partial charge in [-0.25, -0.2) is 0 Å². The smallest absolute Gasteiger partial charge is 0.0878 e. The molecule has 0 saturated carbocycles. The van der Waals surface area contributed by atoms with E-state index in [1.54, 1.807) is 14.2 Å². The number of aliphatic hydroxyl groups excluding tert-OH is 1. The Morgan fingerprint density at radius 3 is 2.60 bits per heavy atom. The van der Waals surface area contributed by atoms with Crippen molar-refractivity contribution in [3.8, 4) is 0 Å². The minimum absolute atomic E-state index is 0.0734. The maximum absolute atomic E-state index is 9.68. The first-order valence-electron chi connectivity index (χ1n) is 7.23. The molecule has 1 aliphatic rings. The van der Waals surface area contributed by atoms with E-state index in [9.17, 15) is 5.11 Å². The van der Waals surface area contributed by atoms with Gasteiger partial charge in [-0.15, -0.1) is 0 Å². The van der Waals surface area contributed by atoms with Crippen LogP contribution in [0.5, 0.6) is 0 Å². The summed E-state index contributed by atoms with van der Waals surface area (Å²) in [6.45, 7) is 7.41. The van der Waals surface area contributed by atoms with Crippen LogP contribution in [0.2, 0.25) is 0 Å². The second kappa shape index (κ2) is 5.84. The van der Waals surface area contributed by atoms with E-state index in [1.807, 2.05) is 0 Å². The first-order chi connectivity index (χ1) is 9.46. The molecule has 2 rings (SSSR count). The van der Waals surface area contributed by atoms with Crippen molar-refractivity contribution >= 4 is 0 Å². The van der Waals surface area contributed by atoms with Crippen LogP contribution in [-0.4, -0.2) is 25.9 Å². The van der Waals surface area contributed by atoms with E-state index in [4.69, 9.17) is 9.47 Å². The van der Waals surface area contributed by atoms with Crippen LogP contribution in [0.25, 0.3) is 0 Å². The second-order valence-electron chi connectivity index (χ2n) is 6.39. The van der Waals surface area contributed by atoms with Gasteiger partial charge < -0.3 is 14.6 Å². The topological polar surface area (TPSA) is 38.7 Å². The zero-order valence-electron chi connectivity index (χ0n) is 13.2. The third kappa shape index (κ3) is 2.50. The number of methoxy groups -OCH3 is 2. The van der Waals surface area contributed by atoms with E-state index in [-0.39, 0.29) is 18.1 Å². The van der Waals surface area contributed by atoms with Crippen LogP contribution in [0.1, 0.15) is 47.8 Å². The van der Waals surface area contributed by atoms with Crippen LogP contribution in [0, 0.1) is 12.3 Å². The van der Waals surface area contributed by atoms with E-state index < -0.39 is 0 Å². The lowest BCUT2D eigenvalue weighted by Crippen LogP contribution is -2.19. The van der Waals surface area contributed by atoms with Gasteiger partial charge in [0, 0.05) is 14.2 Å². The number of rotatable bonds is 5. The number of fused-ring (bicyclic) bond motifs is 1. The van der Waals surface area contributed by atoms with Crippen molar-refractivity contribution in [2.75, 3.05) is 20.8 Å². The number of hydrogen-bond donors (Lipinski definition) is 1. The minimum Gasteiger partial charge on any atom is -0.392 e. The molecular formula is C17H26O3. The summed E-state index contributed by atoms with van der Waals surface area (Å²) in [4.78, 5) is 0. The molecule has 20 heavy (non-hydrogen) atoms. The van der Waals surface area contributed by atoms with E-state index in [0.29, 0.717) is 6.61 Å². The zero-order valence-corrected chi connectivity index (χ0v) is 13.2. The molecule has 0 heterocycles. The largest absolute Gasteiger partial charge is 0.392 e. The van der Waals surface area contributed by atoms with Crippen molar-refractivity contribution in [2.45, 2.75) is 46.3 Å². The van der Waals surface area contributed by atoms with Crippen molar-refractivity contribution in [1.29, 1.82) is 0 Å². The lowest BCUT2D eigenvalue weighted by atomic mass is 9.87. The fraction of sp³-hybridized carbons (Fsp3) is 0.647. The maximum Gasteiger partial charge on any atom is 0.0878 e. The molecule has 1 atom stereocenters. The standard InChI is InChI=1S/C17H26O3/c1-11-13(6-7-19-4)12(10-18)8-14-15(11)9-17(2,3)16(14)20-5/h8,16,18H,6-7,9-10H2,1-5H3/t16-/m1/s1. The molecule has 0 radical (unpaired) electrons. The molecule has 3 nitrogen and oxygen atoms in total. The minimum atomic E-state index is 0.0734. The van der Waals surface area contributed by atoms with Gasteiger partial charge in [0.2, 0.25) is 0 Å². The van der Waals surface area contributed by atoms with Gasteiger partial charge in [-0.3, -0.25) is 0 Å². The summed E-state index contributed by atoms with van der Waals surface area (Å²) < 4.78 is 10.9. The zero-order chi connectivity index (χ0) is 14.9. The SMILES string of the molecule is COCCc1c(CO)cc2c(c1C)CC(C)(C)[C@@H]2OC. The fourth-order valence-electron chi connectivity index (χ4n) is 3.58. The van der Waals surface area contributed by atoms with Crippen LogP contribution in [0.3, 0.4) is 0 Å². The molecule has 0 aromatic heterocycles. The summed E-state index contributed by atoms with van der Waals surface area (Å²) in [7, 11) is 3.49. The summed E-state index contributed by atoms with van der Waals surface area (Å²) in [6, 6.07) is 2.14. The molecule has 0 unspecified atom stereocenters. The summed E-state index contributed by atoms with van der Waals surface area (Å²) in [5.74, 6) is 0. The number of ether oxygens (including phenoxy) is 2. The molecule has 0 amide bonds. The second-order valence-corrected chi connectivity index (χ2v) is 6.39. The van der Waals surface area contributed by atoms with Crippen LogP contribution in [-0.2, 0) is 28.9 Å². The third-order valence-electron chi connectivity index (χ3n) is 4.56. The van der Waals surface area contributed by atoms with Gasteiger partial charge in [0.1, 0.15) is 0 Å². The van der Waals surface area contributed by atoms with Gasteiger partial charge in [-0.2, -0.15) is 0 Å². The lowest BCUT2D eigenvalue weighted by Gasteiger charge is -2.26. The van der Waals surface area contributed by atoms with Gasteiger partial charge >= 0.3 is 0 Å². The van der Waals surface area contributed by atoms with Crippen LogP contribution in [0.15, 0.2) is 6.07 Å². The van der Waals surface area contributed by atoms with Crippen LogP contribution in [0.4, 0.5) is 0 Å². The molecule has 0 spiro atoms. The fourth-order valence-corrected chi connectivity index (χ4v) is 3.58. The summed E-state index contributed by atoms with van der Waals surface area (Å²) >= 11 is 0. The predicted octanol–water partition coefficient (Wildman–Crippen LogP) is 2.95. The molecule has 1 N–H and O–H groups in total. The first-order valence-corrected chi connectivity index (χ1v) is 7.23. The lowest BCUT2D eigenvalue weighted by molar-refractivity contribution is 0.0189. The third-order valence-corrected chi connectivity index (χ3v) is 4.56. The molecule has 1 aliphatic carbocycles. The summed E-state index contributed by atoms with van der Waals surface area (Å²) in [5.41, 5.74) is 6.30. The molecule has 3 heteroatoms. The number of hydrogen-bond acceptors (Lipinski definition) is 3. The van der Waals surface area contributed by atoms with Crippen molar-refractivity contribution in [1.82, 2.24) is 0 Å². The van der Waals surface area contributed by atoms with E-state index in [2.05, 4.69) is 26.8 Å². The molecule has 1 aromatic rings. The highest BCUT2D eigenvalue weighted by molar-refractivity contribution is 5.50. The monoisotopic (exact) mass is 278 g/mol. The Balaban J connectivity index is 2.52. The van der Waals surface area contributed by atoms with Gasteiger partial charge in [-0.1, -0.05) is 19.9 Å². The predicted molar refractivity (Wildman–Crippen MR) is 79.9 cm³/mol. The van der Waals surface area contributed by atoms with Gasteiger partial charge in [0.25, 0.3) is 0 Å². The summed E-state index contributed by atoms with van der Waals surface area (Å²) in [5, 5.41) is 9.68. The maximum atomic E-state index is 9.68. The van der Waals surface area contributed by atoms with Gasteiger partial charge in [0.15, 0.2) is 0 Å². The van der Waals surface area contributed by atoms with Gasteiger partial charge in [-0.05, 0) is 53.0 Å². The Hall–Kier alpha value is -0.900. The van der Waals surface area contributed by atoms with E-state index >= 15 is 0 Å². The van der Waals surface area contributed by atoms with E-state index in [1.165, 1.54) is 22.3 Å². The highest BCUT2D eigenvalue weighted by Gasteiger charge is 2.40. The summed E-state index contributed by atoms with van der Waals surface area (Å²) in [6.07, 6.45) is 1.99.